The summed E-state index contributed by atoms with van der Waals surface area (Å²) in [7, 11) is 0. The first-order chi connectivity index (χ1) is 7.91. The predicted octanol–water partition coefficient (Wildman–Crippen LogP) is 4.43. The van der Waals surface area contributed by atoms with E-state index in [1.807, 2.05) is 13.8 Å². The summed E-state index contributed by atoms with van der Waals surface area (Å²) in [6.45, 7) is 3.66. The van der Waals surface area contributed by atoms with E-state index >= 15 is 0 Å². The van der Waals surface area contributed by atoms with Crippen LogP contribution in [-0.4, -0.2) is 4.98 Å². The highest BCUT2D eigenvalue weighted by molar-refractivity contribution is 6.35. The number of halogens is 4. The minimum Gasteiger partial charge on any atom is -0.249 e. The lowest BCUT2D eigenvalue weighted by Crippen LogP contribution is -1.99. The van der Waals surface area contributed by atoms with Gasteiger partial charge in [0.1, 0.15) is 11.3 Å². The molecule has 17 heavy (non-hydrogen) atoms. The Morgan fingerprint density at radius 2 is 1.76 bits per heavy atom. The van der Waals surface area contributed by atoms with Gasteiger partial charge in [0.25, 0.3) is 0 Å². The quantitative estimate of drug-likeness (QED) is 0.691. The van der Waals surface area contributed by atoms with Crippen molar-refractivity contribution in [2.45, 2.75) is 19.8 Å². The maximum absolute atomic E-state index is 13.5. The molecule has 0 fully saturated rings. The van der Waals surface area contributed by atoms with Gasteiger partial charge in [0, 0.05) is 11.8 Å². The molecule has 0 saturated heterocycles. The van der Waals surface area contributed by atoms with Crippen LogP contribution in [0.5, 0.6) is 0 Å². The maximum atomic E-state index is 13.5. The maximum Gasteiger partial charge on any atom is 0.185 e. The van der Waals surface area contributed by atoms with Crippen molar-refractivity contribution in [1.29, 1.82) is 0 Å². The van der Waals surface area contributed by atoms with E-state index in [9.17, 15) is 13.2 Å². The molecule has 0 aliphatic rings. The molecule has 2 rings (SSSR count). The average molecular weight is 260 g/mol. The number of hydrogen-bond donors (Lipinski definition) is 0. The number of pyridine rings is 1. The predicted molar refractivity (Wildman–Crippen MR) is 60.7 cm³/mol. The molecule has 1 heterocycles. The summed E-state index contributed by atoms with van der Waals surface area (Å²) >= 11 is 5.87. The first kappa shape index (κ1) is 12.2. The van der Waals surface area contributed by atoms with Crippen molar-refractivity contribution in [3.05, 3.63) is 40.3 Å². The molecule has 0 spiro atoms. The third-order valence-electron chi connectivity index (χ3n) is 2.49. The highest BCUT2D eigenvalue weighted by Gasteiger charge is 2.18. The zero-order valence-corrected chi connectivity index (χ0v) is 9.95. The molecule has 2 aromatic rings. The van der Waals surface area contributed by atoms with Crippen LogP contribution in [0.1, 0.15) is 25.5 Å². The molecule has 1 aromatic heterocycles. The molecule has 1 nitrogen and oxygen atoms in total. The number of aromatic nitrogens is 1. The van der Waals surface area contributed by atoms with Gasteiger partial charge in [-0.3, -0.25) is 0 Å². The van der Waals surface area contributed by atoms with E-state index in [1.54, 1.807) is 0 Å². The number of fused-ring (bicyclic) bond motifs is 1. The van der Waals surface area contributed by atoms with E-state index in [0.717, 1.165) is 0 Å². The van der Waals surface area contributed by atoms with Crippen molar-refractivity contribution in [1.82, 2.24) is 4.98 Å². The van der Waals surface area contributed by atoms with E-state index in [4.69, 9.17) is 11.6 Å². The number of hydrogen-bond acceptors (Lipinski definition) is 1. The molecular weight excluding hydrogens is 251 g/mol. The van der Waals surface area contributed by atoms with Gasteiger partial charge >= 0.3 is 0 Å². The number of rotatable bonds is 1. The molecule has 5 heteroatoms. The Morgan fingerprint density at radius 1 is 1.12 bits per heavy atom. The molecule has 0 atom stereocenters. The summed E-state index contributed by atoms with van der Waals surface area (Å²) in [5, 5.41) is -0.148. The smallest absolute Gasteiger partial charge is 0.185 e. The Hall–Kier alpha value is -1.29. The second-order valence-electron chi connectivity index (χ2n) is 4.06. The molecule has 0 saturated carbocycles. The van der Waals surface area contributed by atoms with Crippen molar-refractivity contribution in [2.24, 2.45) is 0 Å². The van der Waals surface area contributed by atoms with Crippen LogP contribution in [-0.2, 0) is 0 Å². The number of benzene rings is 1. The minimum atomic E-state index is -1.26. The molecule has 0 bridgehead atoms. The van der Waals surface area contributed by atoms with Crippen LogP contribution in [0.3, 0.4) is 0 Å². The Balaban J connectivity index is 2.91. The summed E-state index contributed by atoms with van der Waals surface area (Å²) in [5.74, 6) is -3.36. The van der Waals surface area contributed by atoms with Crippen LogP contribution in [0.15, 0.2) is 12.1 Å². The van der Waals surface area contributed by atoms with Crippen molar-refractivity contribution in [3.8, 4) is 0 Å². The van der Waals surface area contributed by atoms with E-state index < -0.39 is 17.5 Å². The SMILES string of the molecule is CC(C)c1cc(Cl)c2c(F)cc(F)c(F)c2n1. The topological polar surface area (TPSA) is 12.9 Å². The molecule has 0 N–H and O–H groups in total. The second kappa shape index (κ2) is 4.18. The second-order valence-corrected chi connectivity index (χ2v) is 4.47. The van der Waals surface area contributed by atoms with Crippen LogP contribution >= 0.6 is 11.6 Å². The third kappa shape index (κ3) is 1.97. The molecule has 0 amide bonds. The lowest BCUT2D eigenvalue weighted by atomic mass is 10.1. The summed E-state index contributed by atoms with van der Waals surface area (Å²) in [5.41, 5.74) is 0.130. The molecular formula is C12H9ClF3N. The highest BCUT2D eigenvalue weighted by Crippen LogP contribution is 2.30. The molecule has 0 aliphatic heterocycles. The van der Waals surface area contributed by atoms with Crippen LogP contribution < -0.4 is 0 Å². The molecule has 0 aliphatic carbocycles. The molecule has 1 aromatic carbocycles. The van der Waals surface area contributed by atoms with Crippen molar-refractivity contribution < 1.29 is 13.2 Å². The van der Waals surface area contributed by atoms with E-state index in [-0.39, 0.29) is 21.8 Å². The summed E-state index contributed by atoms with van der Waals surface area (Å²) in [6.07, 6.45) is 0. The van der Waals surface area contributed by atoms with E-state index in [0.29, 0.717) is 11.8 Å². The van der Waals surface area contributed by atoms with E-state index in [1.165, 1.54) is 6.07 Å². The first-order valence-corrected chi connectivity index (χ1v) is 5.43. The average Bonchev–Trinajstić information content (AvgIpc) is 2.24. The number of nitrogens with zero attached hydrogens (tertiary/aromatic N) is 1. The van der Waals surface area contributed by atoms with Gasteiger partial charge in [-0.15, -0.1) is 0 Å². The first-order valence-electron chi connectivity index (χ1n) is 5.05. The van der Waals surface area contributed by atoms with Crippen molar-refractivity contribution in [3.63, 3.8) is 0 Å². The van der Waals surface area contributed by atoms with Gasteiger partial charge in [-0.2, -0.15) is 0 Å². The van der Waals surface area contributed by atoms with Gasteiger partial charge < -0.3 is 0 Å². The third-order valence-corrected chi connectivity index (χ3v) is 2.79. The van der Waals surface area contributed by atoms with Crippen LogP contribution in [0.2, 0.25) is 5.02 Å². The van der Waals surface area contributed by atoms with Crippen molar-refractivity contribution in [2.75, 3.05) is 0 Å². The Bertz CT molecular complexity index is 596. The van der Waals surface area contributed by atoms with Crippen LogP contribution in [0.4, 0.5) is 13.2 Å². The van der Waals surface area contributed by atoms with Crippen molar-refractivity contribution >= 4 is 22.5 Å². The van der Waals surface area contributed by atoms with Gasteiger partial charge in [-0.1, -0.05) is 25.4 Å². The largest absolute Gasteiger partial charge is 0.249 e. The van der Waals surface area contributed by atoms with Crippen LogP contribution in [0.25, 0.3) is 10.9 Å². The Kier molecular flexibility index (Phi) is 3.00. The Morgan fingerprint density at radius 3 is 2.35 bits per heavy atom. The Labute approximate surface area is 101 Å². The molecule has 0 radical (unpaired) electrons. The molecule has 90 valence electrons. The normalized spacial score (nSPS) is 11.5. The zero-order chi connectivity index (χ0) is 12.7. The van der Waals surface area contributed by atoms with Gasteiger partial charge in [0.05, 0.1) is 10.4 Å². The van der Waals surface area contributed by atoms with E-state index in [2.05, 4.69) is 4.98 Å². The van der Waals surface area contributed by atoms with Crippen LogP contribution in [0, 0.1) is 17.5 Å². The van der Waals surface area contributed by atoms with Gasteiger partial charge in [-0.25, -0.2) is 18.2 Å². The molecule has 0 unspecified atom stereocenters. The highest BCUT2D eigenvalue weighted by atomic mass is 35.5. The lowest BCUT2D eigenvalue weighted by Gasteiger charge is -2.09. The minimum absolute atomic E-state index is 0.0115. The lowest BCUT2D eigenvalue weighted by molar-refractivity contribution is 0.503. The monoisotopic (exact) mass is 259 g/mol. The van der Waals surface area contributed by atoms with Gasteiger partial charge in [0.2, 0.25) is 0 Å². The summed E-state index contributed by atoms with van der Waals surface area (Å²) < 4.78 is 40.1. The summed E-state index contributed by atoms with van der Waals surface area (Å²) in [4.78, 5) is 3.92. The van der Waals surface area contributed by atoms with Gasteiger partial charge in [0.15, 0.2) is 11.6 Å². The fourth-order valence-corrected chi connectivity index (χ4v) is 1.87. The summed E-state index contributed by atoms with van der Waals surface area (Å²) in [6, 6.07) is 1.94. The zero-order valence-electron chi connectivity index (χ0n) is 9.19. The fourth-order valence-electron chi connectivity index (χ4n) is 1.57. The fraction of sp³-hybridized carbons (Fsp3) is 0.250. The van der Waals surface area contributed by atoms with Gasteiger partial charge in [-0.05, 0) is 12.0 Å². The standard InChI is InChI=1S/C12H9ClF3N/c1-5(2)9-3-6(13)10-7(14)4-8(15)11(16)12(10)17-9/h3-5H,1-2H3.